The van der Waals surface area contributed by atoms with Crippen LogP contribution in [0, 0.1) is 0 Å². The Morgan fingerprint density at radius 2 is 0.554 bits per heavy atom. The van der Waals surface area contributed by atoms with Crippen molar-refractivity contribution in [3.8, 4) is 23.0 Å². The Bertz CT molecular complexity index is 2810. The molecule has 0 saturated carbocycles. The van der Waals surface area contributed by atoms with Crippen LogP contribution >= 0.6 is 0 Å². The fourth-order valence-corrected chi connectivity index (χ4v) is 11.7. The van der Waals surface area contributed by atoms with Gasteiger partial charge in [-0.2, -0.15) is 0 Å². The van der Waals surface area contributed by atoms with Crippen LogP contribution in [0.5, 0.6) is 23.0 Å². The minimum atomic E-state index is -0.654. The van der Waals surface area contributed by atoms with Crippen LogP contribution < -0.4 is 18.9 Å². The number of hydrogen-bond donors (Lipinski definition) is 0. The quantitative estimate of drug-likeness (QED) is 0.0119. The Labute approximate surface area is 550 Å². The van der Waals surface area contributed by atoms with E-state index in [1.54, 1.807) is 6.92 Å². The van der Waals surface area contributed by atoms with Crippen LogP contribution in [0.15, 0.2) is 86.5 Å². The highest BCUT2D eigenvalue weighted by Crippen LogP contribution is 2.42. The largest absolute Gasteiger partial charge is 0.493 e. The molecule has 1 aliphatic carbocycles. The first-order valence-electron chi connectivity index (χ1n) is 34.7. The van der Waals surface area contributed by atoms with E-state index in [-0.39, 0.29) is 59.5 Å². The van der Waals surface area contributed by atoms with E-state index >= 15 is 0 Å². The topological polar surface area (TPSA) is 168 Å². The third kappa shape index (κ3) is 27.5. The number of aryl methyl sites for hydroxylation is 4. The molecule has 0 unspecified atom stereocenters. The average molecular weight is 1270 g/mol. The normalized spacial score (nSPS) is 11.7. The molecule has 1 aliphatic rings. The van der Waals surface area contributed by atoms with Gasteiger partial charge in [0.15, 0.2) is 0 Å². The third-order valence-electron chi connectivity index (χ3n) is 16.2. The van der Waals surface area contributed by atoms with Crippen molar-refractivity contribution in [2.45, 2.75) is 221 Å². The number of carbonyl (C=O) groups excluding carboxylic acids is 5. The molecule has 14 heteroatoms. The Balaban J connectivity index is 1.90. The zero-order chi connectivity index (χ0) is 66.1. The number of unbranched alkanes of at least 4 members (excludes halogenated alkanes) is 12. The summed E-state index contributed by atoms with van der Waals surface area (Å²) in [6.45, 7) is 23.1. The number of carbonyl (C=O) groups is 5. The SMILES string of the molecule is C=CC(=O)OCCCOc1c2cc(CCCCCC)cc1Cc1cc(CCCCCC)cc(c1OCCCOC(=O)C=C)Cc1cc(CCCCCC)cc(c1OCCCOC(=O)CC(=O)OCC)Cc1cc(CCCCCC)cc(c1OCCCOC(=O)C=C)C2. The Morgan fingerprint density at radius 3 is 0.783 bits per heavy atom. The van der Waals surface area contributed by atoms with E-state index in [4.69, 9.17) is 42.6 Å². The lowest BCUT2D eigenvalue weighted by Crippen LogP contribution is -2.15. The second-order valence-corrected chi connectivity index (χ2v) is 24.0. The van der Waals surface area contributed by atoms with E-state index in [1.807, 2.05) is 0 Å². The second kappa shape index (κ2) is 44.2. The monoisotopic (exact) mass is 1270 g/mol. The lowest BCUT2D eigenvalue weighted by atomic mass is 9.87. The van der Waals surface area contributed by atoms with Gasteiger partial charge in [-0.25, -0.2) is 14.4 Å². The van der Waals surface area contributed by atoms with Gasteiger partial charge in [-0.1, -0.05) is 173 Å². The van der Waals surface area contributed by atoms with Crippen molar-refractivity contribution in [2.75, 3.05) is 59.5 Å². The predicted octanol–water partition coefficient (Wildman–Crippen LogP) is 16.6. The molecule has 0 N–H and O–H groups in total. The van der Waals surface area contributed by atoms with Crippen LogP contribution in [-0.4, -0.2) is 89.3 Å². The minimum Gasteiger partial charge on any atom is -0.493 e. The molecule has 0 spiro atoms. The van der Waals surface area contributed by atoms with E-state index in [9.17, 15) is 24.0 Å². The highest BCUT2D eigenvalue weighted by atomic mass is 16.6. The zero-order valence-electron chi connectivity index (χ0n) is 56.6. The Morgan fingerprint density at radius 1 is 0.315 bits per heavy atom. The first-order chi connectivity index (χ1) is 44.9. The zero-order valence-corrected chi connectivity index (χ0v) is 56.6. The second-order valence-electron chi connectivity index (χ2n) is 24.0. The predicted molar refractivity (Wildman–Crippen MR) is 365 cm³/mol. The number of hydrogen-bond acceptors (Lipinski definition) is 14. The van der Waals surface area contributed by atoms with Crippen LogP contribution in [-0.2, 0) is 99.0 Å². The van der Waals surface area contributed by atoms with Crippen molar-refractivity contribution < 1.29 is 66.6 Å². The molecule has 0 heterocycles. The molecule has 504 valence electrons. The lowest BCUT2D eigenvalue weighted by Gasteiger charge is -2.25. The maximum Gasteiger partial charge on any atom is 0.330 e. The number of fused-ring (bicyclic) bond motifs is 8. The van der Waals surface area contributed by atoms with Crippen molar-refractivity contribution in [3.63, 3.8) is 0 Å². The van der Waals surface area contributed by atoms with Crippen LogP contribution in [0.25, 0.3) is 0 Å². The Kier molecular flexibility index (Phi) is 36.2. The summed E-state index contributed by atoms with van der Waals surface area (Å²) < 4.78 is 55.5. The van der Waals surface area contributed by atoms with Gasteiger partial charge in [0.1, 0.15) is 29.4 Å². The molecular formula is C78H108O14. The van der Waals surface area contributed by atoms with Gasteiger partial charge in [0, 0.05) is 69.6 Å². The molecule has 0 fully saturated rings. The maximum absolute atomic E-state index is 12.8. The van der Waals surface area contributed by atoms with E-state index in [0.717, 1.165) is 196 Å². The van der Waals surface area contributed by atoms with E-state index in [1.165, 1.54) is 40.5 Å². The molecule has 0 aromatic heterocycles. The van der Waals surface area contributed by atoms with Gasteiger partial charge in [0.2, 0.25) is 0 Å². The molecule has 92 heavy (non-hydrogen) atoms. The van der Waals surface area contributed by atoms with Crippen molar-refractivity contribution in [1.82, 2.24) is 0 Å². The van der Waals surface area contributed by atoms with Crippen LogP contribution in [0.3, 0.4) is 0 Å². The number of benzene rings is 4. The summed E-state index contributed by atoms with van der Waals surface area (Å²) in [5.41, 5.74) is 12.8. The van der Waals surface area contributed by atoms with Crippen molar-refractivity contribution in [2.24, 2.45) is 0 Å². The number of esters is 5. The van der Waals surface area contributed by atoms with Gasteiger partial charge >= 0.3 is 29.8 Å². The van der Waals surface area contributed by atoms with E-state index in [2.05, 4.69) is 96.0 Å². The summed E-state index contributed by atoms with van der Waals surface area (Å²) in [7, 11) is 0. The first-order valence-corrected chi connectivity index (χ1v) is 34.7. The number of ether oxygens (including phenoxy) is 9. The average Bonchev–Trinajstić information content (AvgIpc) is 0.804. The highest BCUT2D eigenvalue weighted by molar-refractivity contribution is 5.91. The smallest absolute Gasteiger partial charge is 0.330 e. The third-order valence-corrected chi connectivity index (χ3v) is 16.2. The lowest BCUT2D eigenvalue weighted by molar-refractivity contribution is -0.154. The molecular weight excluding hydrogens is 1160 g/mol. The van der Waals surface area contributed by atoms with Crippen molar-refractivity contribution in [3.05, 3.63) is 153 Å². The standard InChI is InChI=1S/C78H108O14/c1-9-17-21-25-33-58-45-62-53-64-47-59(34-26-22-18-10-2)49-66(76(64)90-42-30-38-86-71(80)14-6)55-68-51-61(36-28-24-20-12-4)52-69(78(68)92-44-32-40-88-74(83)57-73(82)84-16-8)56-67-50-60(35-27-23-19-11-3)48-65(77(67)91-43-31-39-87-72(81)15-7)54-63(46-58)75(62)89-41-29-37-85-70(79)13-5/h13-15,45-52H,5-7,9-12,16-44,53-57H2,1-4,8H3. The van der Waals surface area contributed by atoms with Crippen molar-refractivity contribution >= 4 is 29.8 Å². The molecule has 4 aromatic carbocycles. The Hall–Kier alpha value is -7.35. The van der Waals surface area contributed by atoms with Crippen LogP contribution in [0.1, 0.15) is 236 Å². The van der Waals surface area contributed by atoms with E-state index in [0.29, 0.717) is 51.4 Å². The maximum atomic E-state index is 12.8. The van der Waals surface area contributed by atoms with Crippen LogP contribution in [0.4, 0.5) is 0 Å². The molecule has 0 atom stereocenters. The molecule has 0 amide bonds. The molecule has 8 bridgehead atoms. The number of rotatable bonds is 46. The molecule has 14 nitrogen and oxygen atoms in total. The molecule has 0 saturated heterocycles. The summed E-state index contributed by atoms with van der Waals surface area (Å²) >= 11 is 0. The van der Waals surface area contributed by atoms with Gasteiger partial charge < -0.3 is 42.6 Å². The molecule has 4 aromatic rings. The van der Waals surface area contributed by atoms with Gasteiger partial charge in [-0.05, 0) is 125 Å². The summed E-state index contributed by atoms with van der Waals surface area (Å²) in [6, 6.07) is 18.5. The van der Waals surface area contributed by atoms with Gasteiger partial charge in [-0.3, -0.25) is 9.59 Å². The van der Waals surface area contributed by atoms with Crippen molar-refractivity contribution in [1.29, 1.82) is 0 Å². The van der Waals surface area contributed by atoms with Gasteiger partial charge in [0.05, 0.1) is 59.5 Å². The summed E-state index contributed by atoms with van der Waals surface area (Å²) in [5, 5.41) is 0. The minimum absolute atomic E-state index is 0.0422. The fraction of sp³-hybridized carbons (Fsp3) is 0.551. The van der Waals surface area contributed by atoms with E-state index < -0.39 is 36.3 Å². The summed E-state index contributed by atoms with van der Waals surface area (Å²) in [6.07, 6.45) is 27.5. The molecule has 0 radical (unpaired) electrons. The van der Waals surface area contributed by atoms with Gasteiger partial charge in [0.25, 0.3) is 0 Å². The van der Waals surface area contributed by atoms with Gasteiger partial charge in [-0.15, -0.1) is 0 Å². The summed E-state index contributed by atoms with van der Waals surface area (Å²) in [4.78, 5) is 61.8. The highest BCUT2D eigenvalue weighted by Gasteiger charge is 2.26. The van der Waals surface area contributed by atoms with Crippen LogP contribution in [0.2, 0.25) is 0 Å². The summed E-state index contributed by atoms with van der Waals surface area (Å²) in [5.74, 6) is 0.250. The molecule has 0 aliphatic heterocycles. The first kappa shape index (κ1) is 75.4. The molecule has 5 rings (SSSR count). The fourth-order valence-electron chi connectivity index (χ4n) is 11.7.